The van der Waals surface area contributed by atoms with Crippen LogP contribution in [0.25, 0.3) is 0 Å². The van der Waals surface area contributed by atoms with Crippen LogP contribution in [0.2, 0.25) is 0 Å². The predicted molar refractivity (Wildman–Crippen MR) is 382 cm³/mol. The summed E-state index contributed by atoms with van der Waals surface area (Å²) in [5, 5.41) is 8.58. The Hall–Kier alpha value is -7.79. The Bertz CT molecular complexity index is 3370. The molecule has 590 valence electrons. The van der Waals surface area contributed by atoms with Gasteiger partial charge >= 0.3 is 6.18 Å². The number of benzene rings is 1. The topological polar surface area (TPSA) is 279 Å². The zero-order valence-corrected chi connectivity index (χ0v) is 63.8. The van der Waals surface area contributed by atoms with Gasteiger partial charge in [0, 0.05) is 82.5 Å². The summed E-state index contributed by atoms with van der Waals surface area (Å²) in [7, 11) is 11.4. The van der Waals surface area contributed by atoms with Crippen LogP contribution in [0.3, 0.4) is 0 Å². The zero-order chi connectivity index (χ0) is 77.8. The number of rotatable bonds is 13. The van der Waals surface area contributed by atoms with Crippen molar-refractivity contribution in [3.05, 3.63) is 47.0 Å². The van der Waals surface area contributed by atoms with Crippen LogP contribution in [0.1, 0.15) is 186 Å². The van der Waals surface area contributed by atoms with Crippen LogP contribution in [0.15, 0.2) is 24.3 Å². The maximum atomic E-state index is 15.6. The Balaban J connectivity index is 1.21. The van der Waals surface area contributed by atoms with E-state index < -0.39 is 198 Å². The number of ether oxygens (including phenoxy) is 1. The summed E-state index contributed by atoms with van der Waals surface area (Å²) in [6, 6.07) is -9.70. The Labute approximate surface area is 620 Å². The number of likely N-dealkylation sites (N-methyl/N-ethyl adjacent to an activating group) is 7. The molecule has 2 saturated heterocycles. The van der Waals surface area contributed by atoms with Gasteiger partial charge in [-0.05, 0) is 119 Å². The molecule has 1 spiro atoms. The second-order valence-corrected chi connectivity index (χ2v) is 31.1. The van der Waals surface area contributed by atoms with Crippen LogP contribution in [0.4, 0.5) is 22.0 Å². The average molecular weight is 1500 g/mol. The molecule has 3 aliphatic heterocycles. The van der Waals surface area contributed by atoms with E-state index in [4.69, 9.17) is 4.74 Å². The van der Waals surface area contributed by atoms with Crippen molar-refractivity contribution in [3.63, 3.8) is 0 Å². The second kappa shape index (κ2) is 36.9. The fourth-order valence-electron chi connectivity index (χ4n) is 16.9. The van der Waals surface area contributed by atoms with Gasteiger partial charge in [0.05, 0.1) is 25.6 Å². The fourth-order valence-corrected chi connectivity index (χ4v) is 16.9. The Morgan fingerprint density at radius 2 is 1.25 bits per heavy atom. The molecule has 106 heavy (non-hydrogen) atoms. The molecule has 3 heterocycles. The van der Waals surface area contributed by atoms with E-state index in [1.165, 1.54) is 85.8 Å². The van der Waals surface area contributed by atoms with Crippen molar-refractivity contribution < 1.29 is 84.2 Å². The molecule has 30 heteroatoms. The van der Waals surface area contributed by atoms with E-state index in [1.54, 1.807) is 19.9 Å². The summed E-state index contributed by atoms with van der Waals surface area (Å²) in [5.41, 5.74) is -4.11. The number of nitrogens with one attached hydrogen (secondary N) is 3. The number of hydrogen-bond acceptors (Lipinski definition) is 13. The normalized spacial score (nSPS) is 28.2. The number of amides is 12. The molecule has 0 radical (unpaired) electrons. The van der Waals surface area contributed by atoms with Crippen LogP contribution in [0, 0.1) is 35.3 Å². The summed E-state index contributed by atoms with van der Waals surface area (Å²) >= 11 is 0. The molecule has 2 bridgehead atoms. The molecule has 3 N–H and O–H groups in total. The number of fused-ring (bicyclic) bond motifs is 3. The van der Waals surface area contributed by atoms with Crippen molar-refractivity contribution in [2.45, 2.75) is 247 Å². The van der Waals surface area contributed by atoms with Gasteiger partial charge < -0.3 is 64.8 Å². The summed E-state index contributed by atoms with van der Waals surface area (Å²) in [6.07, 6.45) is 7.16. The number of alkyl halides is 3. The third-order valence-corrected chi connectivity index (χ3v) is 23.6. The molecule has 1 aromatic rings. The third-order valence-electron chi connectivity index (χ3n) is 23.6. The summed E-state index contributed by atoms with van der Waals surface area (Å²) < 4.78 is 78.0. The first-order valence-electron chi connectivity index (χ1n) is 38.2. The van der Waals surface area contributed by atoms with Crippen LogP contribution >= 0.6 is 0 Å². The van der Waals surface area contributed by atoms with E-state index in [9.17, 15) is 32.3 Å². The molecule has 25 nitrogen and oxygen atoms in total. The maximum Gasteiger partial charge on any atom is 0.422 e. The summed E-state index contributed by atoms with van der Waals surface area (Å²) in [5.74, 6) is -13.4. The maximum absolute atomic E-state index is 15.6. The van der Waals surface area contributed by atoms with Gasteiger partial charge in [-0.1, -0.05) is 103 Å². The van der Waals surface area contributed by atoms with Crippen molar-refractivity contribution in [1.82, 2.24) is 60.0 Å². The number of aryl methyl sites for hydroxylation is 1. The number of nitrogens with zero attached hydrogens (tertiary/aromatic N) is 9. The lowest BCUT2D eigenvalue weighted by Crippen LogP contribution is -2.68. The lowest BCUT2D eigenvalue weighted by Gasteiger charge is -2.46. The van der Waals surface area contributed by atoms with Gasteiger partial charge in [-0.3, -0.25) is 57.5 Å². The number of carbonyl (C=O) groups is 12. The van der Waals surface area contributed by atoms with Crippen molar-refractivity contribution in [2.24, 2.45) is 23.7 Å². The molecule has 0 aromatic heterocycles. The lowest BCUT2D eigenvalue weighted by atomic mass is 9.74. The van der Waals surface area contributed by atoms with Gasteiger partial charge in [0.15, 0.2) is 0 Å². The second-order valence-electron chi connectivity index (χ2n) is 31.1. The highest BCUT2D eigenvalue weighted by Crippen LogP contribution is 2.40. The van der Waals surface area contributed by atoms with Gasteiger partial charge in [0.1, 0.15) is 71.1 Å². The molecular weight excluding hydrogens is 1380 g/mol. The largest absolute Gasteiger partial charge is 0.422 e. The van der Waals surface area contributed by atoms with Gasteiger partial charge in [-0.25, -0.2) is 8.78 Å². The monoisotopic (exact) mass is 1500 g/mol. The van der Waals surface area contributed by atoms with Crippen molar-refractivity contribution in [1.29, 1.82) is 0 Å². The Kier molecular flexibility index (Phi) is 29.2. The minimum Gasteiger partial charge on any atom is -0.377 e. The standard InChI is InChI=1S/C76H113F5N12O13/c1-12-46(3)64-72(103)87(7)45-62(96)88(8)55-31-18-15-23-36-92(71(55)102)59(40-48-25-16-14-17-26-48)70(101)86(6)44-60(94)82-54(33-32-49-37-52(77)63(53(78)38-49)76(79,80)81)68(99)93-43-51(106-13-2)41-57(93)67(98)84-75(34-24-35-75)74(105)91(11)65(50-29-21-22-30-50)73(104)90(10)58(69(100)85(4)5)42-61(95)89(9)56(66(97)83-64)39-47-27-19-20-28-47/h15,18,37-38,46-48,50-51,54-59,64-65H,12-14,16-17,19-36,39-45H2,1-11H3,(H,82,94)(H,83,97)(H,84,98)/b18-15-/t46-,51+,54+,55-,56-,57-,58-,59-,64-,65-/m0/s1. The van der Waals surface area contributed by atoms with E-state index in [0.29, 0.717) is 57.1 Å². The molecule has 0 unspecified atom stereocenters. The van der Waals surface area contributed by atoms with E-state index in [2.05, 4.69) is 16.0 Å². The predicted octanol–water partition coefficient (Wildman–Crippen LogP) is 5.98. The first-order valence-corrected chi connectivity index (χ1v) is 38.2. The number of carbonyl (C=O) groups excluding carboxylic acids is 12. The van der Waals surface area contributed by atoms with E-state index in [0.717, 1.165) is 72.5 Å². The lowest BCUT2D eigenvalue weighted by molar-refractivity contribution is -0.158. The van der Waals surface area contributed by atoms with Crippen molar-refractivity contribution in [2.75, 3.05) is 89.2 Å². The minimum atomic E-state index is -5.40. The van der Waals surface area contributed by atoms with Gasteiger partial charge in [-0.2, -0.15) is 13.2 Å². The minimum absolute atomic E-state index is 0.00564. The summed E-state index contributed by atoms with van der Waals surface area (Å²) in [4.78, 5) is 193. The summed E-state index contributed by atoms with van der Waals surface area (Å²) in [6.45, 7) is 3.86. The molecule has 6 fully saturated rings. The third kappa shape index (κ3) is 19.9. The first kappa shape index (κ1) is 83.8. The quantitative estimate of drug-likeness (QED) is 0.152. The van der Waals surface area contributed by atoms with Gasteiger partial charge in [0.2, 0.25) is 70.9 Å². The van der Waals surface area contributed by atoms with Crippen LogP contribution in [0.5, 0.6) is 0 Å². The van der Waals surface area contributed by atoms with Crippen molar-refractivity contribution in [3.8, 4) is 0 Å². The van der Waals surface area contributed by atoms with Crippen LogP contribution in [-0.2, 0) is 74.9 Å². The smallest absolute Gasteiger partial charge is 0.377 e. The van der Waals surface area contributed by atoms with Crippen LogP contribution < -0.4 is 16.0 Å². The van der Waals surface area contributed by atoms with Crippen LogP contribution in [-0.4, -0.2) is 264 Å². The first-order chi connectivity index (χ1) is 50.1. The molecule has 8 rings (SSSR count). The molecule has 4 saturated carbocycles. The highest BCUT2D eigenvalue weighted by Gasteiger charge is 2.54. The Morgan fingerprint density at radius 3 is 1.82 bits per heavy atom. The Morgan fingerprint density at radius 1 is 0.651 bits per heavy atom. The average Bonchev–Trinajstić information content (AvgIpc) is 1.34. The molecule has 7 aliphatic rings. The van der Waals surface area contributed by atoms with E-state index >= 15 is 47.1 Å². The fraction of sp³-hybridized carbons (Fsp3) is 0.737. The number of halogens is 5. The van der Waals surface area contributed by atoms with Crippen molar-refractivity contribution >= 4 is 70.9 Å². The van der Waals surface area contributed by atoms with E-state index in [1.807, 2.05) is 13.0 Å². The van der Waals surface area contributed by atoms with Gasteiger partial charge in [-0.15, -0.1) is 0 Å². The highest BCUT2D eigenvalue weighted by molar-refractivity contribution is 6.01. The molecule has 10 atom stereocenters. The molecule has 1 aromatic carbocycles. The van der Waals surface area contributed by atoms with E-state index in [-0.39, 0.29) is 75.6 Å². The SMILES string of the molecule is CCO[C@@H]1C[C@H]2C(=O)NC3(CCC3)C(=O)N(C)[C@@H](C3CCCC3)C(=O)N(C)[C@H](C(=O)N(C)C)CC(=O)N(C)[C@@H](CC3CCCC3)C(=O)N[C@@H]([C@@H](C)CC)C(=O)N(C)CC(=O)N(C)[C@H]3C/C=C\CCN(C3=O)[C@@H](CC3CCCCC3)C(=O)N(C)CC(=O)N[C@H](CCc3cc(F)c(C(F)(F)F)c(F)c3)C(=O)N2C1. The highest BCUT2D eigenvalue weighted by atomic mass is 19.4. The molecular formula is C76H113F5N12O13. The molecule has 12 amide bonds. The molecule has 4 aliphatic carbocycles. The number of hydrogen-bond donors (Lipinski definition) is 3. The zero-order valence-electron chi connectivity index (χ0n) is 63.8. The van der Waals surface area contributed by atoms with Gasteiger partial charge in [0.25, 0.3) is 0 Å².